The SMILES string of the molecule is CCNC(=NC)NCC(CCO)CC(C)C. The van der Waals surface area contributed by atoms with Crippen LogP contribution in [-0.4, -0.2) is 37.8 Å². The van der Waals surface area contributed by atoms with Gasteiger partial charge in [0.2, 0.25) is 0 Å². The third kappa shape index (κ3) is 7.51. The van der Waals surface area contributed by atoms with Crippen molar-refractivity contribution in [3.8, 4) is 0 Å². The average Bonchev–Trinajstić information content (AvgIpc) is 2.23. The van der Waals surface area contributed by atoms with E-state index < -0.39 is 0 Å². The van der Waals surface area contributed by atoms with Crippen LogP contribution in [0.5, 0.6) is 0 Å². The number of nitrogens with zero attached hydrogens (tertiary/aromatic N) is 1. The molecular formula is C12H27N3O. The van der Waals surface area contributed by atoms with Crippen LogP contribution in [0.3, 0.4) is 0 Å². The van der Waals surface area contributed by atoms with Gasteiger partial charge in [0.25, 0.3) is 0 Å². The van der Waals surface area contributed by atoms with Gasteiger partial charge in [0.1, 0.15) is 0 Å². The lowest BCUT2D eigenvalue weighted by atomic mass is 9.94. The van der Waals surface area contributed by atoms with Gasteiger partial charge in [0.05, 0.1) is 0 Å². The monoisotopic (exact) mass is 229 g/mol. The summed E-state index contributed by atoms with van der Waals surface area (Å²) in [5.74, 6) is 2.02. The lowest BCUT2D eigenvalue weighted by molar-refractivity contribution is 0.243. The molecule has 0 aliphatic heterocycles. The standard InChI is InChI=1S/C12H27N3O/c1-5-14-12(13-4)15-9-11(6-7-16)8-10(2)3/h10-11,16H,5-9H2,1-4H3,(H2,13,14,15). The first-order valence-corrected chi connectivity index (χ1v) is 6.19. The van der Waals surface area contributed by atoms with Crippen LogP contribution >= 0.6 is 0 Å². The molecule has 0 aliphatic rings. The quantitative estimate of drug-likeness (QED) is 0.454. The summed E-state index contributed by atoms with van der Waals surface area (Å²) in [6, 6.07) is 0. The summed E-state index contributed by atoms with van der Waals surface area (Å²) < 4.78 is 0. The Bertz CT molecular complexity index is 193. The summed E-state index contributed by atoms with van der Waals surface area (Å²) in [7, 11) is 1.77. The molecule has 0 saturated heterocycles. The molecule has 3 N–H and O–H groups in total. The minimum Gasteiger partial charge on any atom is -0.396 e. The van der Waals surface area contributed by atoms with E-state index in [1.807, 2.05) is 6.92 Å². The van der Waals surface area contributed by atoms with E-state index in [2.05, 4.69) is 29.5 Å². The molecule has 1 atom stereocenters. The van der Waals surface area contributed by atoms with Crippen LogP contribution in [0.15, 0.2) is 4.99 Å². The van der Waals surface area contributed by atoms with Crippen LogP contribution < -0.4 is 10.6 Å². The minimum absolute atomic E-state index is 0.263. The number of aliphatic hydroxyl groups excluding tert-OH is 1. The molecule has 0 heterocycles. The largest absolute Gasteiger partial charge is 0.396 e. The molecule has 0 rings (SSSR count). The number of guanidine groups is 1. The maximum atomic E-state index is 9.00. The second-order valence-corrected chi connectivity index (χ2v) is 4.49. The highest BCUT2D eigenvalue weighted by Gasteiger charge is 2.10. The number of aliphatic imine (C=N–C) groups is 1. The molecule has 96 valence electrons. The molecule has 4 heteroatoms. The van der Waals surface area contributed by atoms with E-state index in [-0.39, 0.29) is 6.61 Å². The summed E-state index contributed by atoms with van der Waals surface area (Å²) in [4.78, 5) is 4.12. The van der Waals surface area contributed by atoms with Gasteiger partial charge in [-0.3, -0.25) is 4.99 Å². The van der Waals surface area contributed by atoms with E-state index in [0.29, 0.717) is 11.8 Å². The van der Waals surface area contributed by atoms with Gasteiger partial charge < -0.3 is 15.7 Å². The van der Waals surface area contributed by atoms with Crippen molar-refractivity contribution in [1.29, 1.82) is 0 Å². The molecule has 0 bridgehead atoms. The van der Waals surface area contributed by atoms with E-state index in [0.717, 1.165) is 31.9 Å². The third-order valence-corrected chi connectivity index (χ3v) is 2.47. The van der Waals surface area contributed by atoms with Crippen molar-refractivity contribution >= 4 is 5.96 Å². The fraction of sp³-hybridized carbons (Fsp3) is 0.917. The van der Waals surface area contributed by atoms with Crippen molar-refractivity contribution in [3.63, 3.8) is 0 Å². The maximum absolute atomic E-state index is 9.00. The van der Waals surface area contributed by atoms with Gasteiger partial charge in [-0.1, -0.05) is 13.8 Å². The molecule has 0 saturated carbocycles. The fourth-order valence-electron chi connectivity index (χ4n) is 1.78. The average molecular weight is 229 g/mol. The molecule has 0 aromatic rings. The Morgan fingerprint density at radius 3 is 2.44 bits per heavy atom. The number of aliphatic hydroxyl groups is 1. The zero-order valence-corrected chi connectivity index (χ0v) is 11.1. The number of hydrogen-bond donors (Lipinski definition) is 3. The van der Waals surface area contributed by atoms with Crippen LogP contribution in [0.1, 0.15) is 33.6 Å². The highest BCUT2D eigenvalue weighted by Crippen LogP contribution is 2.13. The first-order valence-electron chi connectivity index (χ1n) is 6.19. The van der Waals surface area contributed by atoms with Crippen LogP contribution in [0.2, 0.25) is 0 Å². The first kappa shape index (κ1) is 15.2. The Morgan fingerprint density at radius 1 is 1.31 bits per heavy atom. The van der Waals surface area contributed by atoms with Crippen molar-refractivity contribution in [2.45, 2.75) is 33.6 Å². The van der Waals surface area contributed by atoms with Crippen LogP contribution in [-0.2, 0) is 0 Å². The second-order valence-electron chi connectivity index (χ2n) is 4.49. The van der Waals surface area contributed by atoms with E-state index >= 15 is 0 Å². The lowest BCUT2D eigenvalue weighted by Crippen LogP contribution is -2.40. The van der Waals surface area contributed by atoms with E-state index in [9.17, 15) is 0 Å². The van der Waals surface area contributed by atoms with Crippen LogP contribution in [0.4, 0.5) is 0 Å². The highest BCUT2D eigenvalue weighted by atomic mass is 16.3. The minimum atomic E-state index is 0.263. The Morgan fingerprint density at radius 2 is 2.00 bits per heavy atom. The molecule has 0 aliphatic carbocycles. The first-order chi connectivity index (χ1) is 7.63. The fourth-order valence-corrected chi connectivity index (χ4v) is 1.78. The van der Waals surface area contributed by atoms with Gasteiger partial charge in [0.15, 0.2) is 5.96 Å². The maximum Gasteiger partial charge on any atom is 0.190 e. The van der Waals surface area contributed by atoms with Crippen molar-refractivity contribution in [2.75, 3.05) is 26.7 Å². The Kier molecular flexibility index (Phi) is 9.00. The molecule has 0 fully saturated rings. The molecule has 0 radical (unpaired) electrons. The summed E-state index contributed by atoms with van der Waals surface area (Å²) >= 11 is 0. The van der Waals surface area contributed by atoms with Crippen molar-refractivity contribution < 1.29 is 5.11 Å². The van der Waals surface area contributed by atoms with Crippen molar-refractivity contribution in [1.82, 2.24) is 10.6 Å². The molecule has 0 spiro atoms. The number of hydrogen-bond acceptors (Lipinski definition) is 2. The Balaban J connectivity index is 3.98. The molecule has 0 aromatic heterocycles. The van der Waals surface area contributed by atoms with Gasteiger partial charge >= 0.3 is 0 Å². The lowest BCUT2D eigenvalue weighted by Gasteiger charge is -2.20. The molecular weight excluding hydrogens is 202 g/mol. The second kappa shape index (κ2) is 9.46. The van der Waals surface area contributed by atoms with Gasteiger partial charge in [-0.25, -0.2) is 0 Å². The summed E-state index contributed by atoms with van der Waals surface area (Å²) in [6.45, 7) is 8.48. The van der Waals surface area contributed by atoms with E-state index in [1.165, 1.54) is 0 Å². The molecule has 1 unspecified atom stereocenters. The summed E-state index contributed by atoms with van der Waals surface area (Å²) in [5.41, 5.74) is 0. The van der Waals surface area contributed by atoms with Gasteiger partial charge in [0, 0.05) is 26.7 Å². The zero-order chi connectivity index (χ0) is 12.4. The zero-order valence-electron chi connectivity index (χ0n) is 11.1. The molecule has 0 aromatic carbocycles. The van der Waals surface area contributed by atoms with Gasteiger partial charge in [-0.15, -0.1) is 0 Å². The molecule has 16 heavy (non-hydrogen) atoms. The Labute approximate surface area is 99.5 Å². The summed E-state index contributed by atoms with van der Waals surface area (Å²) in [5, 5.41) is 15.4. The molecule has 0 amide bonds. The van der Waals surface area contributed by atoms with E-state index in [1.54, 1.807) is 7.05 Å². The summed E-state index contributed by atoms with van der Waals surface area (Å²) in [6.07, 6.45) is 1.99. The smallest absolute Gasteiger partial charge is 0.190 e. The predicted octanol–water partition coefficient (Wildman–Crippen LogP) is 1.22. The topological polar surface area (TPSA) is 56.7 Å². The van der Waals surface area contributed by atoms with Gasteiger partial charge in [-0.2, -0.15) is 0 Å². The van der Waals surface area contributed by atoms with Crippen LogP contribution in [0, 0.1) is 11.8 Å². The van der Waals surface area contributed by atoms with Crippen molar-refractivity contribution in [2.24, 2.45) is 16.8 Å². The predicted molar refractivity (Wildman–Crippen MR) is 69.7 cm³/mol. The Hall–Kier alpha value is -0.770. The number of nitrogens with one attached hydrogen (secondary N) is 2. The van der Waals surface area contributed by atoms with E-state index in [4.69, 9.17) is 5.11 Å². The van der Waals surface area contributed by atoms with Gasteiger partial charge in [-0.05, 0) is 31.6 Å². The highest BCUT2D eigenvalue weighted by molar-refractivity contribution is 5.79. The molecule has 4 nitrogen and oxygen atoms in total. The van der Waals surface area contributed by atoms with Crippen LogP contribution in [0.25, 0.3) is 0 Å². The normalized spacial score (nSPS) is 14.0. The number of rotatable bonds is 7. The third-order valence-electron chi connectivity index (χ3n) is 2.47. The van der Waals surface area contributed by atoms with Crippen molar-refractivity contribution in [3.05, 3.63) is 0 Å².